The number of anilines is 1. The zero-order chi connectivity index (χ0) is 22.0. The van der Waals surface area contributed by atoms with Gasteiger partial charge in [-0.3, -0.25) is 14.5 Å². The van der Waals surface area contributed by atoms with Crippen LogP contribution >= 0.6 is 11.6 Å². The van der Waals surface area contributed by atoms with Crippen LogP contribution in [0.15, 0.2) is 71.9 Å². The van der Waals surface area contributed by atoms with E-state index in [1.54, 1.807) is 24.5 Å². The molecule has 0 unspecified atom stereocenters. The Morgan fingerprint density at radius 3 is 2.52 bits per heavy atom. The molecule has 1 fully saturated rings. The summed E-state index contributed by atoms with van der Waals surface area (Å²) in [6.07, 6.45) is 5.35. The standard InChI is InChI=1S/C22H19ClFN3O3S/c23-20-12-19(9-10-21(20)24)31(29,30)26-17-5-3-16(4-6-17)22(28)27(18-7-8-18)14-15-2-1-11-25-13-15/h1-6,9-13,18,26H,7-8,14H2. The quantitative estimate of drug-likeness (QED) is 0.565. The van der Waals surface area contributed by atoms with Gasteiger partial charge in [-0.15, -0.1) is 0 Å². The molecule has 0 spiro atoms. The van der Waals surface area contributed by atoms with E-state index in [-0.39, 0.29) is 27.6 Å². The molecule has 0 atom stereocenters. The maximum Gasteiger partial charge on any atom is 0.261 e. The number of nitrogens with zero attached hydrogens (tertiary/aromatic N) is 2. The molecule has 1 aliphatic carbocycles. The number of nitrogens with one attached hydrogen (secondary N) is 1. The fraction of sp³-hybridized carbons (Fsp3) is 0.182. The first kappa shape index (κ1) is 21.3. The maximum absolute atomic E-state index is 13.3. The summed E-state index contributed by atoms with van der Waals surface area (Å²) >= 11 is 5.68. The van der Waals surface area contributed by atoms with Crippen molar-refractivity contribution in [2.24, 2.45) is 0 Å². The van der Waals surface area contributed by atoms with E-state index in [1.807, 2.05) is 17.0 Å². The Morgan fingerprint density at radius 1 is 1.16 bits per heavy atom. The molecule has 9 heteroatoms. The van der Waals surface area contributed by atoms with Gasteiger partial charge in [-0.25, -0.2) is 12.8 Å². The van der Waals surface area contributed by atoms with E-state index in [1.165, 1.54) is 12.1 Å². The predicted molar refractivity (Wildman–Crippen MR) is 116 cm³/mol. The van der Waals surface area contributed by atoms with Crippen molar-refractivity contribution in [3.8, 4) is 0 Å². The number of halogens is 2. The first-order valence-corrected chi connectivity index (χ1v) is 11.5. The largest absolute Gasteiger partial charge is 0.331 e. The molecule has 2 aromatic carbocycles. The Morgan fingerprint density at radius 2 is 1.90 bits per heavy atom. The lowest BCUT2D eigenvalue weighted by Crippen LogP contribution is -2.32. The topological polar surface area (TPSA) is 79.4 Å². The maximum atomic E-state index is 13.3. The number of benzene rings is 2. The van der Waals surface area contributed by atoms with Crippen LogP contribution in [0, 0.1) is 5.82 Å². The van der Waals surface area contributed by atoms with Gasteiger partial charge < -0.3 is 4.90 Å². The SMILES string of the molecule is O=C(c1ccc(NS(=O)(=O)c2ccc(F)c(Cl)c2)cc1)N(Cc1cccnc1)C1CC1. The summed E-state index contributed by atoms with van der Waals surface area (Å²) < 4.78 is 40.8. The van der Waals surface area contributed by atoms with Crippen molar-refractivity contribution in [3.63, 3.8) is 0 Å². The fourth-order valence-electron chi connectivity index (χ4n) is 3.15. The summed E-state index contributed by atoms with van der Waals surface area (Å²) in [5.41, 5.74) is 1.69. The molecule has 1 heterocycles. The van der Waals surface area contributed by atoms with Crippen LogP contribution in [0.1, 0.15) is 28.8 Å². The lowest BCUT2D eigenvalue weighted by molar-refractivity contribution is 0.0730. The van der Waals surface area contributed by atoms with Crippen molar-refractivity contribution >= 4 is 33.2 Å². The minimum absolute atomic E-state index is 0.119. The molecule has 160 valence electrons. The van der Waals surface area contributed by atoms with Gasteiger partial charge in [-0.1, -0.05) is 17.7 Å². The molecule has 0 aliphatic heterocycles. The normalized spacial score (nSPS) is 13.6. The van der Waals surface area contributed by atoms with Gasteiger partial charge in [0.1, 0.15) is 5.82 Å². The van der Waals surface area contributed by atoms with Crippen LogP contribution in [0.25, 0.3) is 0 Å². The molecule has 1 N–H and O–H groups in total. The number of rotatable bonds is 7. The molecular formula is C22H19ClFN3O3S. The third-order valence-electron chi connectivity index (χ3n) is 4.91. The van der Waals surface area contributed by atoms with E-state index < -0.39 is 15.8 Å². The molecular weight excluding hydrogens is 441 g/mol. The number of hydrogen-bond acceptors (Lipinski definition) is 4. The van der Waals surface area contributed by atoms with E-state index in [0.717, 1.165) is 36.6 Å². The van der Waals surface area contributed by atoms with Crippen LogP contribution in [-0.4, -0.2) is 30.3 Å². The van der Waals surface area contributed by atoms with Crippen LogP contribution in [0.5, 0.6) is 0 Å². The number of pyridine rings is 1. The van der Waals surface area contributed by atoms with E-state index in [2.05, 4.69) is 9.71 Å². The zero-order valence-corrected chi connectivity index (χ0v) is 17.9. The van der Waals surface area contributed by atoms with Gasteiger partial charge in [0.2, 0.25) is 0 Å². The molecule has 6 nitrogen and oxygen atoms in total. The van der Waals surface area contributed by atoms with E-state index in [9.17, 15) is 17.6 Å². The van der Waals surface area contributed by atoms with Crippen molar-refractivity contribution in [1.29, 1.82) is 0 Å². The van der Waals surface area contributed by atoms with Gasteiger partial charge >= 0.3 is 0 Å². The number of carbonyl (C=O) groups excluding carboxylic acids is 1. The van der Waals surface area contributed by atoms with Crippen molar-refractivity contribution < 1.29 is 17.6 Å². The van der Waals surface area contributed by atoms with Gasteiger partial charge in [0, 0.05) is 36.2 Å². The van der Waals surface area contributed by atoms with E-state index >= 15 is 0 Å². The predicted octanol–water partition coefficient (Wildman–Crippen LogP) is 4.48. The van der Waals surface area contributed by atoms with Crippen LogP contribution in [-0.2, 0) is 16.6 Å². The molecule has 1 aromatic heterocycles. The first-order chi connectivity index (χ1) is 14.8. The lowest BCUT2D eigenvalue weighted by Gasteiger charge is -2.22. The first-order valence-electron chi connectivity index (χ1n) is 9.61. The van der Waals surface area contributed by atoms with E-state index in [4.69, 9.17) is 11.6 Å². The minimum atomic E-state index is -3.95. The van der Waals surface area contributed by atoms with Gasteiger partial charge in [-0.2, -0.15) is 0 Å². The third kappa shape index (κ3) is 5.03. The molecule has 31 heavy (non-hydrogen) atoms. The number of carbonyl (C=O) groups is 1. The Balaban J connectivity index is 1.49. The number of aromatic nitrogens is 1. The van der Waals surface area contributed by atoms with E-state index in [0.29, 0.717) is 12.1 Å². The van der Waals surface area contributed by atoms with Gasteiger partial charge in [0.05, 0.1) is 9.92 Å². The van der Waals surface area contributed by atoms with Crippen molar-refractivity contribution in [2.75, 3.05) is 4.72 Å². The van der Waals surface area contributed by atoms with Gasteiger partial charge in [0.25, 0.3) is 15.9 Å². The second kappa shape index (κ2) is 8.64. The number of sulfonamides is 1. The Kier molecular flexibility index (Phi) is 5.93. The molecule has 0 saturated heterocycles. The highest BCUT2D eigenvalue weighted by Gasteiger charge is 2.33. The lowest BCUT2D eigenvalue weighted by atomic mass is 10.1. The average molecular weight is 460 g/mol. The van der Waals surface area contributed by atoms with Crippen LogP contribution in [0.3, 0.4) is 0 Å². The van der Waals surface area contributed by atoms with Crippen molar-refractivity contribution in [2.45, 2.75) is 30.3 Å². The van der Waals surface area contributed by atoms with Gasteiger partial charge in [0.15, 0.2) is 0 Å². The summed E-state index contributed by atoms with van der Waals surface area (Å²) in [4.78, 5) is 18.8. The third-order valence-corrected chi connectivity index (χ3v) is 6.58. The summed E-state index contributed by atoms with van der Waals surface area (Å²) in [5.74, 6) is -0.818. The zero-order valence-electron chi connectivity index (χ0n) is 16.3. The number of amides is 1. The Bertz CT molecular complexity index is 1200. The highest BCUT2D eigenvalue weighted by molar-refractivity contribution is 7.92. The highest BCUT2D eigenvalue weighted by atomic mass is 35.5. The number of hydrogen-bond donors (Lipinski definition) is 1. The minimum Gasteiger partial charge on any atom is -0.331 e. The highest BCUT2D eigenvalue weighted by Crippen LogP contribution is 2.30. The molecule has 1 aliphatic rings. The Hall–Kier alpha value is -2.97. The second-order valence-corrected chi connectivity index (χ2v) is 9.37. The van der Waals surface area contributed by atoms with Crippen LogP contribution < -0.4 is 4.72 Å². The van der Waals surface area contributed by atoms with Crippen LogP contribution in [0.4, 0.5) is 10.1 Å². The summed E-state index contributed by atoms with van der Waals surface area (Å²) in [6.45, 7) is 0.469. The summed E-state index contributed by atoms with van der Waals surface area (Å²) in [5, 5.41) is -0.280. The molecule has 1 amide bonds. The van der Waals surface area contributed by atoms with Crippen molar-refractivity contribution in [3.05, 3.63) is 89.0 Å². The van der Waals surface area contributed by atoms with Gasteiger partial charge in [-0.05, 0) is 66.9 Å². The molecule has 4 rings (SSSR count). The van der Waals surface area contributed by atoms with Crippen molar-refractivity contribution in [1.82, 2.24) is 9.88 Å². The summed E-state index contributed by atoms with van der Waals surface area (Å²) in [7, 11) is -3.95. The molecule has 0 radical (unpaired) electrons. The monoisotopic (exact) mass is 459 g/mol. The average Bonchev–Trinajstić information content (AvgIpc) is 3.60. The Labute approximate surface area is 184 Å². The molecule has 0 bridgehead atoms. The fourth-order valence-corrected chi connectivity index (χ4v) is 4.48. The smallest absolute Gasteiger partial charge is 0.261 e. The van der Waals surface area contributed by atoms with Crippen LogP contribution in [0.2, 0.25) is 5.02 Å². The summed E-state index contributed by atoms with van der Waals surface area (Å²) in [6, 6.07) is 13.3. The molecule has 1 saturated carbocycles. The second-order valence-electron chi connectivity index (χ2n) is 7.28. The molecule has 3 aromatic rings.